The number of likely N-dealkylation sites (tertiary alicyclic amines) is 1. The van der Waals surface area contributed by atoms with Gasteiger partial charge in [0.25, 0.3) is 0 Å². The van der Waals surface area contributed by atoms with Gasteiger partial charge in [0.05, 0.1) is 42.7 Å². The maximum atomic E-state index is 14.2. The lowest BCUT2D eigenvalue weighted by molar-refractivity contribution is -0.156. The van der Waals surface area contributed by atoms with Crippen molar-refractivity contribution in [3.63, 3.8) is 0 Å². The molecule has 4 heterocycles. The number of hydrogen-bond acceptors (Lipinski definition) is 8. The van der Waals surface area contributed by atoms with Crippen molar-refractivity contribution in [3.05, 3.63) is 36.9 Å². The van der Waals surface area contributed by atoms with Crippen molar-refractivity contribution in [1.29, 1.82) is 0 Å². The van der Waals surface area contributed by atoms with Crippen molar-refractivity contribution in [3.8, 4) is 0 Å². The minimum atomic E-state index is -1.16. The smallest absolute Gasteiger partial charge is 0.312 e. The van der Waals surface area contributed by atoms with Crippen molar-refractivity contribution in [2.45, 2.75) is 57.1 Å². The van der Waals surface area contributed by atoms with Gasteiger partial charge in [-0.15, -0.1) is 11.7 Å². The van der Waals surface area contributed by atoms with Gasteiger partial charge in [-0.1, -0.05) is 23.4 Å². The number of carbonyl (C=O) groups excluding carboxylic acids is 3. The fourth-order valence-electron chi connectivity index (χ4n) is 6.17. The van der Waals surface area contributed by atoms with Crippen molar-refractivity contribution in [2.24, 2.45) is 11.8 Å². The molecule has 3 saturated heterocycles. The Kier molecular flexibility index (Phi) is 6.29. The maximum Gasteiger partial charge on any atom is 0.312 e. The predicted octanol–water partition coefficient (Wildman–Crippen LogP) is 0.722. The standard InChI is InChI=1S/C25H31N5O6/c1-4-12-28(14-29-17-9-7-6-8-16(17)26-27-29)23(33)21-25-11-10-18(36-25)19(24(34)35-5-2)20(25)22(32)30(21)15(3)13-31/h4,6-9,15,18-21,31H,1,5,10-14H2,2-3H3/t15-,18-,19+,20+,21?,25?/m1/s1. The normalized spacial score (nSPS) is 29.4. The van der Waals surface area contributed by atoms with E-state index in [1.165, 1.54) is 4.90 Å². The van der Waals surface area contributed by atoms with Crippen LogP contribution in [0.25, 0.3) is 11.0 Å². The molecule has 0 aliphatic carbocycles. The number of hydrogen-bond donors (Lipinski definition) is 1. The Morgan fingerprint density at radius 1 is 1.42 bits per heavy atom. The summed E-state index contributed by atoms with van der Waals surface area (Å²) < 4.78 is 13.3. The molecule has 3 aliphatic heterocycles. The topological polar surface area (TPSA) is 127 Å². The number of aliphatic hydroxyl groups is 1. The Balaban J connectivity index is 1.53. The van der Waals surface area contributed by atoms with Gasteiger partial charge in [-0.2, -0.15) is 0 Å². The molecule has 2 amide bonds. The number of rotatable bonds is 9. The fraction of sp³-hybridized carbons (Fsp3) is 0.560. The Hall–Kier alpha value is -3.31. The van der Waals surface area contributed by atoms with Crippen LogP contribution < -0.4 is 0 Å². The molecule has 11 nitrogen and oxygen atoms in total. The number of esters is 1. The first-order valence-electron chi connectivity index (χ1n) is 12.3. The first-order chi connectivity index (χ1) is 17.4. The number of carbonyl (C=O) groups is 3. The highest BCUT2D eigenvalue weighted by molar-refractivity contribution is 5.98. The second kappa shape index (κ2) is 9.29. The van der Waals surface area contributed by atoms with E-state index in [9.17, 15) is 19.5 Å². The fourth-order valence-corrected chi connectivity index (χ4v) is 6.17. The van der Waals surface area contributed by atoms with Crippen LogP contribution in [0, 0.1) is 11.8 Å². The highest BCUT2D eigenvalue weighted by atomic mass is 16.6. The zero-order valence-electron chi connectivity index (χ0n) is 20.4. The minimum Gasteiger partial charge on any atom is -0.466 e. The number of ether oxygens (including phenoxy) is 2. The number of benzene rings is 1. The summed E-state index contributed by atoms with van der Waals surface area (Å²) in [6.45, 7) is 7.34. The van der Waals surface area contributed by atoms with Gasteiger partial charge >= 0.3 is 5.97 Å². The van der Waals surface area contributed by atoms with Crippen molar-refractivity contribution < 1.29 is 29.0 Å². The number of amides is 2. The summed E-state index contributed by atoms with van der Waals surface area (Å²) in [6.07, 6.45) is 2.14. The van der Waals surface area contributed by atoms with Gasteiger partial charge in [-0.25, -0.2) is 4.68 Å². The van der Waals surface area contributed by atoms with E-state index in [2.05, 4.69) is 16.9 Å². The highest BCUT2D eigenvalue weighted by Crippen LogP contribution is 2.59. The van der Waals surface area contributed by atoms with E-state index in [-0.39, 0.29) is 38.2 Å². The molecular weight excluding hydrogens is 466 g/mol. The van der Waals surface area contributed by atoms with Gasteiger partial charge < -0.3 is 24.4 Å². The second-order valence-electron chi connectivity index (χ2n) is 9.65. The van der Waals surface area contributed by atoms with Gasteiger partial charge in [-0.3, -0.25) is 14.4 Å². The Morgan fingerprint density at radius 3 is 2.92 bits per heavy atom. The molecule has 11 heteroatoms. The number of para-hydroxylation sites is 1. The summed E-state index contributed by atoms with van der Waals surface area (Å²) in [5.41, 5.74) is 0.298. The summed E-state index contributed by atoms with van der Waals surface area (Å²) in [4.78, 5) is 43.9. The van der Waals surface area contributed by atoms with Crippen molar-refractivity contribution in [2.75, 3.05) is 19.8 Å². The van der Waals surface area contributed by atoms with E-state index < -0.39 is 41.6 Å². The zero-order chi connectivity index (χ0) is 25.6. The number of aromatic nitrogens is 3. The van der Waals surface area contributed by atoms with E-state index in [1.807, 2.05) is 24.3 Å². The molecule has 192 valence electrons. The average molecular weight is 498 g/mol. The van der Waals surface area contributed by atoms with Gasteiger partial charge in [0.2, 0.25) is 11.8 Å². The quantitative estimate of drug-likeness (QED) is 0.397. The van der Waals surface area contributed by atoms with Gasteiger partial charge in [-0.05, 0) is 38.8 Å². The van der Waals surface area contributed by atoms with Crippen LogP contribution in [0.5, 0.6) is 0 Å². The van der Waals surface area contributed by atoms with Crippen LogP contribution in [0.4, 0.5) is 0 Å². The molecule has 1 aromatic carbocycles. The van der Waals surface area contributed by atoms with Crippen LogP contribution in [0.2, 0.25) is 0 Å². The number of nitrogens with zero attached hydrogens (tertiary/aromatic N) is 5. The molecule has 2 unspecified atom stereocenters. The van der Waals surface area contributed by atoms with Gasteiger partial charge in [0.15, 0.2) is 0 Å². The Labute approximate surface area is 208 Å². The second-order valence-corrected chi connectivity index (χ2v) is 9.65. The van der Waals surface area contributed by atoms with Gasteiger partial charge in [0.1, 0.15) is 23.8 Å². The van der Waals surface area contributed by atoms with Crippen LogP contribution >= 0.6 is 0 Å². The van der Waals surface area contributed by atoms with E-state index >= 15 is 0 Å². The zero-order valence-corrected chi connectivity index (χ0v) is 20.4. The molecule has 5 rings (SSSR count). The molecule has 2 aromatic rings. The van der Waals surface area contributed by atoms with Crippen molar-refractivity contribution >= 4 is 28.8 Å². The molecule has 1 aromatic heterocycles. The summed E-state index contributed by atoms with van der Waals surface area (Å²) in [5, 5.41) is 18.4. The molecule has 3 fully saturated rings. The predicted molar refractivity (Wildman–Crippen MR) is 127 cm³/mol. The Morgan fingerprint density at radius 2 is 2.19 bits per heavy atom. The molecule has 0 radical (unpaired) electrons. The molecule has 0 saturated carbocycles. The molecule has 2 bridgehead atoms. The molecule has 1 N–H and O–H groups in total. The lowest BCUT2D eigenvalue weighted by Gasteiger charge is -2.38. The van der Waals surface area contributed by atoms with Crippen LogP contribution in [0.15, 0.2) is 36.9 Å². The SMILES string of the molecule is C=CCN(Cn1nnc2ccccc21)C(=O)C1N([C@H](C)CO)C(=O)[C@@H]2[C@@H](C(=O)OCC)[C@H]3CCC12O3. The van der Waals surface area contributed by atoms with Crippen LogP contribution in [0.1, 0.15) is 26.7 Å². The van der Waals surface area contributed by atoms with E-state index in [1.54, 1.807) is 29.5 Å². The first-order valence-corrected chi connectivity index (χ1v) is 12.3. The van der Waals surface area contributed by atoms with E-state index in [0.717, 1.165) is 5.52 Å². The lowest BCUT2D eigenvalue weighted by atomic mass is 9.70. The summed E-state index contributed by atoms with van der Waals surface area (Å²) in [5.74, 6) is -2.81. The lowest BCUT2D eigenvalue weighted by Crippen LogP contribution is -2.58. The average Bonchev–Trinajstić information content (AvgIpc) is 3.62. The molecule has 1 spiro atoms. The minimum absolute atomic E-state index is 0.0862. The van der Waals surface area contributed by atoms with Gasteiger partial charge in [0, 0.05) is 6.54 Å². The molecular formula is C25H31N5O6. The molecule has 6 atom stereocenters. The molecule has 36 heavy (non-hydrogen) atoms. The third-order valence-corrected chi connectivity index (χ3v) is 7.66. The first kappa shape index (κ1) is 24.4. The third-order valence-electron chi connectivity index (χ3n) is 7.66. The summed E-state index contributed by atoms with van der Waals surface area (Å²) in [6, 6.07) is 5.78. The largest absolute Gasteiger partial charge is 0.466 e. The Bertz CT molecular complexity index is 1200. The number of aliphatic hydroxyl groups excluding tert-OH is 1. The summed E-state index contributed by atoms with van der Waals surface area (Å²) >= 11 is 0. The highest BCUT2D eigenvalue weighted by Gasteiger charge is 2.75. The van der Waals surface area contributed by atoms with Crippen molar-refractivity contribution in [1.82, 2.24) is 24.8 Å². The maximum absolute atomic E-state index is 14.2. The summed E-state index contributed by atoms with van der Waals surface area (Å²) in [7, 11) is 0. The van der Waals surface area contributed by atoms with E-state index in [0.29, 0.717) is 18.4 Å². The van der Waals surface area contributed by atoms with Crippen LogP contribution in [0.3, 0.4) is 0 Å². The third kappa shape index (κ3) is 3.52. The number of fused-ring (bicyclic) bond motifs is 2. The molecule has 3 aliphatic rings. The van der Waals surface area contributed by atoms with E-state index in [4.69, 9.17) is 9.47 Å². The van der Waals surface area contributed by atoms with Crippen LogP contribution in [-0.2, 0) is 30.5 Å². The monoisotopic (exact) mass is 497 g/mol. The van der Waals surface area contributed by atoms with Crippen LogP contribution in [-0.4, -0.2) is 91.2 Å².